The standard InChI is InChI=1S/C10H16N4O/c1-7-8(6-12-13(7)2)9-4-3-5-14(9)10(11)15/h6,9H,3-5H2,1-2H3,(H2,11,15). The summed E-state index contributed by atoms with van der Waals surface area (Å²) < 4.78 is 1.83. The van der Waals surface area contributed by atoms with E-state index >= 15 is 0 Å². The van der Waals surface area contributed by atoms with Crippen molar-refractivity contribution in [1.29, 1.82) is 0 Å². The summed E-state index contributed by atoms with van der Waals surface area (Å²) >= 11 is 0. The Kier molecular flexibility index (Phi) is 2.38. The van der Waals surface area contributed by atoms with E-state index in [1.54, 1.807) is 4.90 Å². The number of nitrogens with two attached hydrogens (primary N) is 1. The van der Waals surface area contributed by atoms with Crippen molar-refractivity contribution in [1.82, 2.24) is 14.7 Å². The first-order valence-corrected chi connectivity index (χ1v) is 5.16. The maximum absolute atomic E-state index is 11.2. The van der Waals surface area contributed by atoms with Crippen LogP contribution in [0.25, 0.3) is 0 Å². The minimum atomic E-state index is -0.333. The Bertz CT molecular complexity index is 385. The third-order valence-electron chi connectivity index (χ3n) is 3.17. The highest BCUT2D eigenvalue weighted by molar-refractivity contribution is 5.73. The Balaban J connectivity index is 2.30. The van der Waals surface area contributed by atoms with Gasteiger partial charge in [0.1, 0.15) is 0 Å². The fourth-order valence-corrected chi connectivity index (χ4v) is 2.20. The first-order valence-electron chi connectivity index (χ1n) is 5.16. The molecule has 15 heavy (non-hydrogen) atoms. The average Bonchev–Trinajstić information content (AvgIpc) is 2.75. The summed E-state index contributed by atoms with van der Waals surface area (Å²) in [6, 6.07) is -0.211. The second-order valence-corrected chi connectivity index (χ2v) is 4.00. The Hall–Kier alpha value is -1.52. The smallest absolute Gasteiger partial charge is 0.315 e. The van der Waals surface area contributed by atoms with Crippen LogP contribution in [-0.2, 0) is 7.05 Å². The van der Waals surface area contributed by atoms with Crippen LogP contribution >= 0.6 is 0 Å². The summed E-state index contributed by atoms with van der Waals surface area (Å²) in [5.74, 6) is 0. The molecule has 5 heteroatoms. The van der Waals surface area contributed by atoms with Gasteiger partial charge in [0.25, 0.3) is 0 Å². The van der Waals surface area contributed by atoms with Crippen LogP contribution in [-0.4, -0.2) is 27.3 Å². The Morgan fingerprint density at radius 2 is 2.40 bits per heavy atom. The van der Waals surface area contributed by atoms with Crippen molar-refractivity contribution in [2.75, 3.05) is 6.54 Å². The van der Waals surface area contributed by atoms with Gasteiger partial charge in [0.05, 0.1) is 12.2 Å². The van der Waals surface area contributed by atoms with Gasteiger partial charge in [0.15, 0.2) is 0 Å². The van der Waals surface area contributed by atoms with Crippen molar-refractivity contribution in [3.63, 3.8) is 0 Å². The first kappa shape index (κ1) is 10.0. The summed E-state index contributed by atoms with van der Waals surface area (Å²) in [7, 11) is 1.91. The lowest BCUT2D eigenvalue weighted by atomic mass is 10.1. The quantitative estimate of drug-likeness (QED) is 0.746. The summed E-state index contributed by atoms with van der Waals surface area (Å²) in [5, 5.41) is 4.19. The lowest BCUT2D eigenvalue weighted by Crippen LogP contribution is -2.35. The molecule has 82 valence electrons. The van der Waals surface area contributed by atoms with Crippen LogP contribution in [0.1, 0.15) is 30.1 Å². The third-order valence-corrected chi connectivity index (χ3v) is 3.17. The van der Waals surface area contributed by atoms with E-state index in [4.69, 9.17) is 5.73 Å². The molecule has 0 bridgehead atoms. The van der Waals surface area contributed by atoms with E-state index in [9.17, 15) is 4.79 Å². The minimum Gasteiger partial charge on any atom is -0.351 e. The number of carbonyl (C=O) groups excluding carboxylic acids is 1. The van der Waals surface area contributed by atoms with Crippen molar-refractivity contribution >= 4 is 6.03 Å². The number of rotatable bonds is 1. The molecule has 1 unspecified atom stereocenters. The van der Waals surface area contributed by atoms with Crippen molar-refractivity contribution in [3.05, 3.63) is 17.5 Å². The molecule has 2 heterocycles. The van der Waals surface area contributed by atoms with Gasteiger partial charge in [0.2, 0.25) is 0 Å². The number of aromatic nitrogens is 2. The van der Waals surface area contributed by atoms with Crippen molar-refractivity contribution in [2.45, 2.75) is 25.8 Å². The number of nitrogens with zero attached hydrogens (tertiary/aromatic N) is 3. The summed E-state index contributed by atoms with van der Waals surface area (Å²) in [6.45, 7) is 2.77. The number of aryl methyl sites for hydroxylation is 1. The van der Waals surface area contributed by atoms with Crippen molar-refractivity contribution < 1.29 is 4.79 Å². The largest absolute Gasteiger partial charge is 0.351 e. The topological polar surface area (TPSA) is 64.2 Å². The molecule has 1 aliphatic heterocycles. The number of likely N-dealkylation sites (tertiary alicyclic amines) is 1. The number of carbonyl (C=O) groups is 1. The second-order valence-electron chi connectivity index (χ2n) is 4.00. The Morgan fingerprint density at radius 1 is 1.67 bits per heavy atom. The van der Waals surface area contributed by atoms with Crippen LogP contribution in [0.2, 0.25) is 0 Å². The van der Waals surface area contributed by atoms with E-state index in [-0.39, 0.29) is 12.1 Å². The van der Waals surface area contributed by atoms with E-state index < -0.39 is 0 Å². The zero-order valence-electron chi connectivity index (χ0n) is 9.10. The SMILES string of the molecule is Cc1c(C2CCCN2C(N)=O)cnn1C. The summed E-state index contributed by atoms with van der Waals surface area (Å²) in [6.07, 6.45) is 3.83. The zero-order valence-corrected chi connectivity index (χ0v) is 9.10. The molecule has 1 aliphatic rings. The van der Waals surface area contributed by atoms with Crippen molar-refractivity contribution in [2.24, 2.45) is 12.8 Å². The van der Waals surface area contributed by atoms with Gasteiger partial charge in [-0.05, 0) is 19.8 Å². The maximum Gasteiger partial charge on any atom is 0.315 e. The molecular weight excluding hydrogens is 192 g/mol. The molecule has 0 aromatic carbocycles. The van der Waals surface area contributed by atoms with Gasteiger partial charge >= 0.3 is 6.03 Å². The Labute approximate surface area is 88.8 Å². The normalized spacial score (nSPS) is 20.9. The van der Waals surface area contributed by atoms with Gasteiger partial charge in [-0.15, -0.1) is 0 Å². The van der Waals surface area contributed by atoms with Gasteiger partial charge in [-0.1, -0.05) is 0 Å². The van der Waals surface area contributed by atoms with Crippen LogP contribution < -0.4 is 5.73 Å². The minimum absolute atomic E-state index is 0.121. The highest BCUT2D eigenvalue weighted by atomic mass is 16.2. The lowest BCUT2D eigenvalue weighted by molar-refractivity contribution is 0.203. The molecule has 2 N–H and O–H groups in total. The molecule has 0 spiro atoms. The van der Waals surface area contributed by atoms with Gasteiger partial charge < -0.3 is 10.6 Å². The Morgan fingerprint density at radius 3 is 2.93 bits per heavy atom. The number of amides is 2. The predicted molar refractivity (Wildman–Crippen MR) is 56.2 cm³/mol. The van der Waals surface area contributed by atoms with Crippen LogP contribution in [0.3, 0.4) is 0 Å². The molecule has 1 aromatic heterocycles. The molecule has 0 aliphatic carbocycles. The van der Waals surface area contributed by atoms with E-state index in [0.717, 1.165) is 30.6 Å². The van der Waals surface area contributed by atoms with Gasteiger partial charge in [-0.25, -0.2) is 4.79 Å². The second kappa shape index (κ2) is 3.56. The van der Waals surface area contributed by atoms with E-state index in [1.165, 1.54) is 0 Å². The molecule has 5 nitrogen and oxygen atoms in total. The molecule has 1 aromatic rings. The van der Waals surface area contributed by atoms with Gasteiger partial charge in [-0.3, -0.25) is 4.68 Å². The van der Waals surface area contributed by atoms with Gasteiger partial charge in [0, 0.05) is 24.8 Å². The van der Waals surface area contributed by atoms with Crippen LogP contribution in [0, 0.1) is 6.92 Å². The summed E-state index contributed by atoms with van der Waals surface area (Å²) in [5.41, 5.74) is 7.57. The third kappa shape index (κ3) is 1.58. The van der Waals surface area contributed by atoms with Crippen LogP contribution in [0.4, 0.5) is 4.79 Å². The highest BCUT2D eigenvalue weighted by Crippen LogP contribution is 2.32. The molecule has 2 amide bonds. The molecule has 1 fully saturated rings. The highest BCUT2D eigenvalue weighted by Gasteiger charge is 2.30. The summed E-state index contributed by atoms with van der Waals surface area (Å²) in [4.78, 5) is 13.0. The van der Waals surface area contributed by atoms with E-state index in [1.807, 2.05) is 24.9 Å². The average molecular weight is 208 g/mol. The monoisotopic (exact) mass is 208 g/mol. The maximum atomic E-state index is 11.2. The van der Waals surface area contributed by atoms with Crippen LogP contribution in [0.5, 0.6) is 0 Å². The van der Waals surface area contributed by atoms with Crippen LogP contribution in [0.15, 0.2) is 6.20 Å². The predicted octanol–water partition coefficient (Wildman–Crippen LogP) is 0.944. The molecule has 1 atom stereocenters. The number of hydrogen-bond donors (Lipinski definition) is 1. The molecule has 1 saturated heterocycles. The number of hydrogen-bond acceptors (Lipinski definition) is 2. The molecule has 2 rings (SSSR count). The van der Waals surface area contributed by atoms with E-state index in [2.05, 4.69) is 5.10 Å². The molecule has 0 radical (unpaired) electrons. The molecule has 0 saturated carbocycles. The molecular formula is C10H16N4O. The number of urea groups is 1. The number of primary amides is 1. The first-order chi connectivity index (χ1) is 7.11. The zero-order chi connectivity index (χ0) is 11.0. The fourth-order valence-electron chi connectivity index (χ4n) is 2.20. The lowest BCUT2D eigenvalue weighted by Gasteiger charge is -2.22. The fraction of sp³-hybridized carbons (Fsp3) is 0.600. The van der Waals surface area contributed by atoms with E-state index in [0.29, 0.717) is 0 Å². The van der Waals surface area contributed by atoms with Crippen molar-refractivity contribution in [3.8, 4) is 0 Å². The van der Waals surface area contributed by atoms with Gasteiger partial charge in [-0.2, -0.15) is 5.10 Å².